The minimum Gasteiger partial charge on any atom is -0.506 e. The van der Waals surface area contributed by atoms with Crippen LogP contribution in [0.25, 0.3) is 10.9 Å². The van der Waals surface area contributed by atoms with Gasteiger partial charge in [0.1, 0.15) is 11.3 Å². The number of para-hydroxylation sites is 1. The summed E-state index contributed by atoms with van der Waals surface area (Å²) in [6, 6.07) is 9.26. The van der Waals surface area contributed by atoms with Crippen LogP contribution in [0.2, 0.25) is 0 Å². The Morgan fingerprint density at radius 1 is 1.21 bits per heavy atom. The van der Waals surface area contributed by atoms with Crippen molar-refractivity contribution in [3.05, 3.63) is 36.0 Å². The van der Waals surface area contributed by atoms with Crippen molar-refractivity contribution in [2.45, 2.75) is 6.42 Å². The number of aromatic nitrogens is 1. The lowest BCUT2D eigenvalue weighted by atomic mass is 10.1. The quantitative estimate of drug-likeness (QED) is 0.749. The molecule has 72 valence electrons. The van der Waals surface area contributed by atoms with E-state index in [0.29, 0.717) is 12.1 Å². The molecule has 0 unspecified atom stereocenters. The molecule has 2 rings (SSSR count). The first-order valence-corrected chi connectivity index (χ1v) is 4.59. The Kier molecular flexibility index (Phi) is 2.33. The van der Waals surface area contributed by atoms with Crippen molar-refractivity contribution in [1.82, 2.24) is 4.98 Å². The van der Waals surface area contributed by atoms with E-state index in [2.05, 4.69) is 4.98 Å². The Labute approximate surface area is 82.2 Å². The molecule has 0 radical (unpaired) electrons. The fourth-order valence-corrected chi connectivity index (χ4v) is 1.46. The van der Waals surface area contributed by atoms with Gasteiger partial charge in [-0.1, -0.05) is 18.2 Å². The summed E-state index contributed by atoms with van der Waals surface area (Å²) in [5.74, 6) is 0.223. The minimum atomic E-state index is 0.223. The van der Waals surface area contributed by atoms with Crippen LogP contribution in [-0.4, -0.2) is 16.6 Å². The highest BCUT2D eigenvalue weighted by molar-refractivity contribution is 5.84. The first kappa shape index (κ1) is 8.97. The molecule has 1 aromatic heterocycles. The molecule has 0 bridgehead atoms. The van der Waals surface area contributed by atoms with Gasteiger partial charge in [0.2, 0.25) is 0 Å². The molecular weight excluding hydrogens is 176 g/mol. The van der Waals surface area contributed by atoms with Gasteiger partial charge in [-0.3, -0.25) is 0 Å². The molecule has 0 atom stereocenters. The molecule has 0 fully saturated rings. The van der Waals surface area contributed by atoms with Crippen molar-refractivity contribution in [3.8, 4) is 5.75 Å². The molecule has 2 aromatic rings. The fourth-order valence-electron chi connectivity index (χ4n) is 1.46. The van der Waals surface area contributed by atoms with Crippen LogP contribution in [0, 0.1) is 0 Å². The lowest BCUT2D eigenvalue weighted by Gasteiger charge is -2.02. The van der Waals surface area contributed by atoms with Gasteiger partial charge in [0.25, 0.3) is 0 Å². The van der Waals surface area contributed by atoms with Crippen molar-refractivity contribution < 1.29 is 5.11 Å². The summed E-state index contributed by atoms with van der Waals surface area (Å²) in [5.41, 5.74) is 7.01. The summed E-state index contributed by atoms with van der Waals surface area (Å²) in [4.78, 5) is 4.33. The number of phenolic OH excluding ortho intramolecular Hbond substituents is 1. The number of pyridine rings is 1. The van der Waals surface area contributed by atoms with Gasteiger partial charge < -0.3 is 10.8 Å². The Morgan fingerprint density at radius 2 is 2.07 bits per heavy atom. The Bertz CT molecular complexity index is 454. The van der Waals surface area contributed by atoms with E-state index in [4.69, 9.17) is 5.73 Å². The van der Waals surface area contributed by atoms with Crippen LogP contribution >= 0.6 is 0 Å². The number of benzene rings is 1. The zero-order chi connectivity index (χ0) is 9.97. The molecule has 3 nitrogen and oxygen atoms in total. The minimum absolute atomic E-state index is 0.223. The van der Waals surface area contributed by atoms with E-state index in [1.54, 1.807) is 6.07 Å². The maximum absolute atomic E-state index is 9.57. The molecule has 0 saturated heterocycles. The number of nitrogens with zero attached hydrogens (tertiary/aromatic N) is 1. The molecule has 3 N–H and O–H groups in total. The van der Waals surface area contributed by atoms with Crippen LogP contribution in [0.5, 0.6) is 5.75 Å². The van der Waals surface area contributed by atoms with Gasteiger partial charge in [-0.05, 0) is 18.7 Å². The molecule has 0 aliphatic carbocycles. The van der Waals surface area contributed by atoms with Crippen LogP contribution < -0.4 is 5.73 Å². The van der Waals surface area contributed by atoms with E-state index < -0.39 is 0 Å². The van der Waals surface area contributed by atoms with Crippen molar-refractivity contribution in [3.63, 3.8) is 0 Å². The second-order valence-electron chi connectivity index (χ2n) is 3.19. The van der Waals surface area contributed by atoms with Crippen molar-refractivity contribution >= 4 is 10.9 Å². The number of phenols is 1. The molecule has 14 heavy (non-hydrogen) atoms. The Morgan fingerprint density at radius 3 is 2.86 bits per heavy atom. The fraction of sp³-hybridized carbons (Fsp3) is 0.182. The SMILES string of the molecule is NCCc1ccc2cccc(O)c2n1. The normalized spacial score (nSPS) is 10.6. The topological polar surface area (TPSA) is 59.1 Å². The zero-order valence-corrected chi connectivity index (χ0v) is 7.77. The lowest BCUT2D eigenvalue weighted by Crippen LogP contribution is -2.04. The third-order valence-corrected chi connectivity index (χ3v) is 2.16. The smallest absolute Gasteiger partial charge is 0.141 e. The lowest BCUT2D eigenvalue weighted by molar-refractivity contribution is 0.480. The molecule has 3 heteroatoms. The molecule has 0 amide bonds. The van der Waals surface area contributed by atoms with Crippen molar-refractivity contribution in [2.75, 3.05) is 6.54 Å². The number of nitrogens with two attached hydrogens (primary N) is 1. The summed E-state index contributed by atoms with van der Waals surface area (Å²) < 4.78 is 0. The first-order chi connectivity index (χ1) is 6.81. The van der Waals surface area contributed by atoms with Gasteiger partial charge in [0.15, 0.2) is 0 Å². The van der Waals surface area contributed by atoms with Crippen LogP contribution in [0.3, 0.4) is 0 Å². The zero-order valence-electron chi connectivity index (χ0n) is 7.77. The van der Waals surface area contributed by atoms with Crippen molar-refractivity contribution in [2.24, 2.45) is 5.73 Å². The average molecular weight is 188 g/mol. The average Bonchev–Trinajstić information content (AvgIpc) is 2.20. The standard InChI is InChI=1S/C11H12N2O/c12-7-6-9-5-4-8-2-1-3-10(14)11(8)13-9/h1-5,14H,6-7,12H2. The predicted molar refractivity (Wildman–Crippen MR) is 56.2 cm³/mol. The van der Waals surface area contributed by atoms with Crippen LogP contribution in [-0.2, 0) is 6.42 Å². The molecule has 0 spiro atoms. The van der Waals surface area contributed by atoms with Gasteiger partial charge >= 0.3 is 0 Å². The maximum Gasteiger partial charge on any atom is 0.141 e. The number of rotatable bonds is 2. The second kappa shape index (κ2) is 3.64. The molecule has 0 aliphatic rings. The predicted octanol–water partition coefficient (Wildman–Crippen LogP) is 1.44. The number of aromatic hydroxyl groups is 1. The summed E-state index contributed by atoms with van der Waals surface area (Å²) >= 11 is 0. The van der Waals surface area contributed by atoms with Crippen LogP contribution in [0.4, 0.5) is 0 Å². The Balaban J connectivity index is 2.58. The van der Waals surface area contributed by atoms with Gasteiger partial charge in [-0.25, -0.2) is 4.98 Å². The van der Waals surface area contributed by atoms with E-state index >= 15 is 0 Å². The summed E-state index contributed by atoms with van der Waals surface area (Å²) in [6.45, 7) is 0.575. The second-order valence-corrected chi connectivity index (χ2v) is 3.19. The van der Waals surface area contributed by atoms with E-state index in [9.17, 15) is 5.11 Å². The summed E-state index contributed by atoms with van der Waals surface area (Å²) in [5, 5.41) is 10.5. The number of hydrogen-bond acceptors (Lipinski definition) is 3. The third-order valence-electron chi connectivity index (χ3n) is 2.16. The summed E-state index contributed by atoms with van der Waals surface area (Å²) in [6.07, 6.45) is 0.740. The van der Waals surface area contributed by atoms with Gasteiger partial charge in [-0.15, -0.1) is 0 Å². The maximum atomic E-state index is 9.57. The largest absolute Gasteiger partial charge is 0.506 e. The van der Waals surface area contributed by atoms with E-state index in [0.717, 1.165) is 17.5 Å². The van der Waals surface area contributed by atoms with E-state index in [1.807, 2.05) is 24.3 Å². The monoisotopic (exact) mass is 188 g/mol. The van der Waals surface area contributed by atoms with E-state index in [-0.39, 0.29) is 5.75 Å². The van der Waals surface area contributed by atoms with E-state index in [1.165, 1.54) is 0 Å². The van der Waals surface area contributed by atoms with Crippen LogP contribution in [0.15, 0.2) is 30.3 Å². The van der Waals surface area contributed by atoms with Gasteiger partial charge in [0.05, 0.1) is 0 Å². The summed E-state index contributed by atoms with van der Waals surface area (Å²) in [7, 11) is 0. The number of hydrogen-bond donors (Lipinski definition) is 2. The van der Waals surface area contributed by atoms with Crippen molar-refractivity contribution in [1.29, 1.82) is 0 Å². The van der Waals surface area contributed by atoms with Crippen LogP contribution in [0.1, 0.15) is 5.69 Å². The third kappa shape index (κ3) is 1.54. The van der Waals surface area contributed by atoms with Gasteiger partial charge in [0, 0.05) is 17.5 Å². The highest BCUT2D eigenvalue weighted by Gasteiger charge is 2.01. The molecule has 1 aromatic carbocycles. The molecular formula is C11H12N2O. The number of fused-ring (bicyclic) bond motifs is 1. The molecule has 0 aliphatic heterocycles. The molecule has 1 heterocycles. The Hall–Kier alpha value is -1.61. The first-order valence-electron chi connectivity index (χ1n) is 4.59. The highest BCUT2D eigenvalue weighted by Crippen LogP contribution is 2.22. The molecule has 0 saturated carbocycles. The van der Waals surface area contributed by atoms with Gasteiger partial charge in [-0.2, -0.15) is 0 Å². The highest BCUT2D eigenvalue weighted by atomic mass is 16.3.